The molecule has 1 unspecified atom stereocenters. The summed E-state index contributed by atoms with van der Waals surface area (Å²) in [5.41, 5.74) is 4.11. The van der Waals surface area contributed by atoms with E-state index in [9.17, 15) is 0 Å². The second-order valence-corrected chi connectivity index (χ2v) is 4.31. The van der Waals surface area contributed by atoms with Crippen LogP contribution in [0, 0.1) is 0 Å². The summed E-state index contributed by atoms with van der Waals surface area (Å²) in [6.07, 6.45) is 4.80. The van der Waals surface area contributed by atoms with Crippen LogP contribution < -0.4 is 5.32 Å². The van der Waals surface area contributed by atoms with E-state index in [0.717, 1.165) is 18.7 Å². The molecule has 2 aromatic rings. The van der Waals surface area contributed by atoms with Crippen LogP contribution in [0.5, 0.6) is 0 Å². The average Bonchev–Trinajstić information content (AvgIpc) is 2.85. The minimum absolute atomic E-state index is 0.167. The number of rotatable bonds is 5. The van der Waals surface area contributed by atoms with Crippen molar-refractivity contribution in [1.29, 1.82) is 0 Å². The van der Waals surface area contributed by atoms with Gasteiger partial charge in [0.05, 0.1) is 17.2 Å². The van der Waals surface area contributed by atoms with Gasteiger partial charge in [-0.2, -0.15) is 0 Å². The molecule has 0 saturated carbocycles. The quantitative estimate of drug-likeness (QED) is 0.862. The second kappa shape index (κ2) is 5.72. The first-order chi connectivity index (χ1) is 7.92. The maximum absolute atomic E-state index is 4.37. The van der Waals surface area contributed by atoms with Crippen molar-refractivity contribution in [2.24, 2.45) is 0 Å². The molecule has 0 aliphatic carbocycles. The first-order valence-electron chi connectivity index (χ1n) is 5.43. The molecule has 0 amide bonds. The number of pyridine rings is 1. The van der Waals surface area contributed by atoms with Crippen molar-refractivity contribution >= 4 is 11.3 Å². The highest BCUT2D eigenvalue weighted by molar-refractivity contribution is 7.07. The van der Waals surface area contributed by atoms with E-state index in [1.54, 1.807) is 17.5 Å². The molecule has 0 bridgehead atoms. The molecule has 4 heteroatoms. The Morgan fingerprint density at radius 2 is 2.44 bits per heavy atom. The molecule has 16 heavy (non-hydrogen) atoms. The second-order valence-electron chi connectivity index (χ2n) is 3.59. The van der Waals surface area contributed by atoms with E-state index >= 15 is 0 Å². The lowest BCUT2D eigenvalue weighted by atomic mass is 10.1. The third-order valence-corrected chi connectivity index (χ3v) is 2.97. The van der Waals surface area contributed by atoms with Gasteiger partial charge in [0.15, 0.2) is 0 Å². The molecule has 2 rings (SSSR count). The van der Waals surface area contributed by atoms with Gasteiger partial charge in [-0.05, 0) is 24.6 Å². The first kappa shape index (κ1) is 11.2. The third-order valence-electron chi connectivity index (χ3n) is 2.36. The molecule has 2 heterocycles. The molecule has 0 aromatic carbocycles. The Bertz CT molecular complexity index is 399. The maximum atomic E-state index is 4.37. The Kier molecular flexibility index (Phi) is 4.02. The van der Waals surface area contributed by atoms with Crippen LogP contribution in [0.1, 0.15) is 30.6 Å². The first-order valence-corrected chi connectivity index (χ1v) is 6.37. The van der Waals surface area contributed by atoms with E-state index in [1.807, 2.05) is 17.8 Å². The van der Waals surface area contributed by atoms with E-state index in [1.165, 1.54) is 5.56 Å². The fourth-order valence-electron chi connectivity index (χ4n) is 1.59. The zero-order valence-electron chi connectivity index (χ0n) is 9.26. The fourth-order valence-corrected chi connectivity index (χ4v) is 2.17. The lowest BCUT2D eigenvalue weighted by Crippen LogP contribution is -2.23. The molecule has 0 spiro atoms. The number of hydrogen-bond donors (Lipinski definition) is 1. The van der Waals surface area contributed by atoms with E-state index in [2.05, 4.69) is 33.7 Å². The zero-order chi connectivity index (χ0) is 11.2. The monoisotopic (exact) mass is 233 g/mol. The number of aromatic nitrogens is 2. The van der Waals surface area contributed by atoms with Gasteiger partial charge in [0.2, 0.25) is 0 Å². The molecule has 0 radical (unpaired) electrons. The molecule has 84 valence electrons. The Morgan fingerprint density at radius 1 is 1.50 bits per heavy atom. The van der Waals surface area contributed by atoms with E-state index in [0.29, 0.717) is 0 Å². The van der Waals surface area contributed by atoms with Gasteiger partial charge in [0.1, 0.15) is 0 Å². The molecular weight excluding hydrogens is 218 g/mol. The van der Waals surface area contributed by atoms with Crippen LogP contribution in [-0.2, 0) is 0 Å². The summed E-state index contributed by atoms with van der Waals surface area (Å²) >= 11 is 1.62. The zero-order valence-corrected chi connectivity index (χ0v) is 10.1. The highest BCUT2D eigenvalue weighted by Crippen LogP contribution is 2.20. The van der Waals surface area contributed by atoms with Crippen LogP contribution in [0.15, 0.2) is 35.4 Å². The van der Waals surface area contributed by atoms with Crippen LogP contribution in [0.25, 0.3) is 0 Å². The van der Waals surface area contributed by atoms with Crippen molar-refractivity contribution in [3.8, 4) is 0 Å². The van der Waals surface area contributed by atoms with Crippen LogP contribution in [-0.4, -0.2) is 16.5 Å². The summed E-state index contributed by atoms with van der Waals surface area (Å²) in [6, 6.07) is 4.21. The number of nitrogens with zero attached hydrogens (tertiary/aromatic N) is 2. The smallest absolute Gasteiger partial charge is 0.0795 e. The van der Waals surface area contributed by atoms with Gasteiger partial charge in [0, 0.05) is 17.8 Å². The van der Waals surface area contributed by atoms with Crippen molar-refractivity contribution in [1.82, 2.24) is 15.3 Å². The van der Waals surface area contributed by atoms with Crippen LogP contribution >= 0.6 is 11.3 Å². The minimum Gasteiger partial charge on any atom is -0.305 e. The summed E-state index contributed by atoms with van der Waals surface area (Å²) in [4.78, 5) is 8.53. The predicted octanol–water partition coefficient (Wildman–Crippen LogP) is 2.63. The van der Waals surface area contributed by atoms with Crippen molar-refractivity contribution in [2.45, 2.75) is 19.4 Å². The Labute approximate surface area is 99.6 Å². The van der Waals surface area contributed by atoms with Gasteiger partial charge in [-0.3, -0.25) is 4.98 Å². The molecule has 0 aliphatic heterocycles. The summed E-state index contributed by atoms with van der Waals surface area (Å²) < 4.78 is 0. The standard InChI is InChI=1S/C12H15N3S/c1-2-5-14-12(11-8-16-9-15-11)10-4-3-6-13-7-10/h3-4,6-9,12,14H,2,5H2,1H3. The summed E-state index contributed by atoms with van der Waals surface area (Å²) in [7, 11) is 0. The summed E-state index contributed by atoms with van der Waals surface area (Å²) in [5, 5.41) is 5.58. The van der Waals surface area contributed by atoms with E-state index < -0.39 is 0 Å². The normalized spacial score (nSPS) is 12.6. The van der Waals surface area contributed by atoms with E-state index in [4.69, 9.17) is 0 Å². The summed E-state index contributed by atoms with van der Waals surface area (Å²) in [6.45, 7) is 3.14. The maximum Gasteiger partial charge on any atom is 0.0795 e. The largest absolute Gasteiger partial charge is 0.305 e. The average molecular weight is 233 g/mol. The molecular formula is C12H15N3S. The SMILES string of the molecule is CCCNC(c1cccnc1)c1cscn1. The summed E-state index contributed by atoms with van der Waals surface area (Å²) in [5.74, 6) is 0. The predicted molar refractivity (Wildman–Crippen MR) is 66.5 cm³/mol. The minimum atomic E-state index is 0.167. The molecule has 0 fully saturated rings. The molecule has 1 N–H and O–H groups in total. The van der Waals surface area contributed by atoms with Gasteiger partial charge in [0.25, 0.3) is 0 Å². The topological polar surface area (TPSA) is 37.8 Å². The lowest BCUT2D eigenvalue weighted by molar-refractivity contribution is 0.587. The van der Waals surface area contributed by atoms with Crippen molar-refractivity contribution < 1.29 is 0 Å². The Morgan fingerprint density at radius 3 is 3.06 bits per heavy atom. The molecule has 1 atom stereocenters. The van der Waals surface area contributed by atoms with Gasteiger partial charge in [-0.15, -0.1) is 11.3 Å². The third kappa shape index (κ3) is 2.65. The van der Waals surface area contributed by atoms with Crippen LogP contribution in [0.3, 0.4) is 0 Å². The highest BCUT2D eigenvalue weighted by atomic mass is 32.1. The van der Waals surface area contributed by atoms with Crippen LogP contribution in [0.2, 0.25) is 0 Å². The van der Waals surface area contributed by atoms with Crippen molar-refractivity contribution in [2.75, 3.05) is 6.54 Å². The van der Waals surface area contributed by atoms with Gasteiger partial charge in [-0.25, -0.2) is 4.98 Å². The molecule has 0 aliphatic rings. The van der Waals surface area contributed by atoms with Crippen molar-refractivity contribution in [3.63, 3.8) is 0 Å². The van der Waals surface area contributed by atoms with Gasteiger partial charge < -0.3 is 5.32 Å². The number of hydrogen-bond acceptors (Lipinski definition) is 4. The molecule has 2 aromatic heterocycles. The fraction of sp³-hybridized carbons (Fsp3) is 0.333. The molecule has 3 nitrogen and oxygen atoms in total. The number of nitrogens with one attached hydrogen (secondary N) is 1. The van der Waals surface area contributed by atoms with Gasteiger partial charge >= 0.3 is 0 Å². The number of thiazole rings is 1. The Balaban J connectivity index is 2.21. The van der Waals surface area contributed by atoms with Crippen LogP contribution in [0.4, 0.5) is 0 Å². The van der Waals surface area contributed by atoms with Gasteiger partial charge in [-0.1, -0.05) is 13.0 Å². The van der Waals surface area contributed by atoms with E-state index in [-0.39, 0.29) is 6.04 Å². The van der Waals surface area contributed by atoms with Crippen molar-refractivity contribution in [3.05, 3.63) is 46.7 Å². The molecule has 0 saturated heterocycles. The Hall–Kier alpha value is -1.26. The lowest BCUT2D eigenvalue weighted by Gasteiger charge is -2.16. The highest BCUT2D eigenvalue weighted by Gasteiger charge is 2.14.